The summed E-state index contributed by atoms with van der Waals surface area (Å²) in [7, 11) is 0. The Balaban J connectivity index is 2.50. The van der Waals surface area contributed by atoms with Crippen LogP contribution < -0.4 is 9.47 Å². The molecule has 2 aromatic carbocycles. The van der Waals surface area contributed by atoms with Crippen LogP contribution in [0.4, 0.5) is 9.59 Å². The van der Waals surface area contributed by atoms with Gasteiger partial charge in [-0.25, -0.2) is 9.59 Å². The molecular formula is C22H28O6. The van der Waals surface area contributed by atoms with Gasteiger partial charge in [-0.3, -0.25) is 0 Å². The first-order valence-electron chi connectivity index (χ1n) is 9.81. The first-order valence-corrected chi connectivity index (χ1v) is 9.81. The van der Waals surface area contributed by atoms with Crippen molar-refractivity contribution >= 4 is 23.1 Å². The predicted octanol–water partition coefficient (Wildman–Crippen LogP) is 5.82. The van der Waals surface area contributed by atoms with E-state index in [2.05, 4.69) is 0 Å². The molecule has 0 fully saturated rings. The van der Waals surface area contributed by atoms with Crippen LogP contribution in [0.1, 0.15) is 51.7 Å². The molecule has 0 unspecified atom stereocenters. The summed E-state index contributed by atoms with van der Waals surface area (Å²) in [6, 6.07) is 7.47. The standard InChI is InChI=1S/C22H28O6/c1-5-11-25-21(23)27-19-14-16(8-4)20(28-22(24)26-12-6-2)18-13-15(7-3)9-10-17(18)19/h9-10,13-14H,5-8,11-12H2,1-4H3. The molecular weight excluding hydrogens is 360 g/mol. The van der Waals surface area contributed by atoms with Gasteiger partial charge in [0.1, 0.15) is 11.5 Å². The van der Waals surface area contributed by atoms with Crippen LogP contribution in [-0.2, 0) is 22.3 Å². The Labute approximate surface area is 165 Å². The van der Waals surface area contributed by atoms with Gasteiger partial charge in [0.2, 0.25) is 0 Å². The maximum atomic E-state index is 12.1. The third-order valence-corrected chi connectivity index (χ3v) is 4.21. The maximum Gasteiger partial charge on any atom is 0.513 e. The Morgan fingerprint density at radius 3 is 2.00 bits per heavy atom. The topological polar surface area (TPSA) is 71.1 Å². The van der Waals surface area contributed by atoms with Gasteiger partial charge in [0.25, 0.3) is 0 Å². The number of aryl methyl sites for hydroxylation is 2. The van der Waals surface area contributed by atoms with Gasteiger partial charge in [0, 0.05) is 10.8 Å². The number of fused-ring (bicyclic) bond motifs is 1. The molecule has 6 heteroatoms. The van der Waals surface area contributed by atoms with Crippen LogP contribution in [0.2, 0.25) is 0 Å². The molecule has 0 N–H and O–H groups in total. The van der Waals surface area contributed by atoms with E-state index in [0.29, 0.717) is 54.7 Å². The summed E-state index contributed by atoms with van der Waals surface area (Å²) >= 11 is 0. The lowest BCUT2D eigenvalue weighted by Crippen LogP contribution is -2.14. The number of ether oxygens (including phenoxy) is 4. The SMILES string of the molecule is CCCOC(=O)Oc1cc(CC)c(OC(=O)OCCC)c2cc(CC)ccc12. The lowest BCUT2D eigenvalue weighted by atomic mass is 9.99. The number of rotatable bonds is 8. The summed E-state index contributed by atoms with van der Waals surface area (Å²) < 4.78 is 21.1. The average Bonchev–Trinajstić information content (AvgIpc) is 2.71. The summed E-state index contributed by atoms with van der Waals surface area (Å²) in [5.74, 6) is 0.813. The number of hydrogen-bond acceptors (Lipinski definition) is 6. The molecule has 0 bridgehead atoms. The fourth-order valence-electron chi connectivity index (χ4n) is 2.76. The molecule has 2 rings (SSSR count). The smallest absolute Gasteiger partial charge is 0.434 e. The van der Waals surface area contributed by atoms with Gasteiger partial charge >= 0.3 is 12.3 Å². The second-order valence-corrected chi connectivity index (χ2v) is 6.35. The van der Waals surface area contributed by atoms with E-state index in [1.54, 1.807) is 6.07 Å². The quantitative estimate of drug-likeness (QED) is 0.419. The summed E-state index contributed by atoms with van der Waals surface area (Å²) in [4.78, 5) is 24.0. The van der Waals surface area contributed by atoms with Crippen LogP contribution in [-0.4, -0.2) is 25.5 Å². The van der Waals surface area contributed by atoms with Crippen LogP contribution in [0.5, 0.6) is 11.5 Å². The molecule has 6 nitrogen and oxygen atoms in total. The van der Waals surface area contributed by atoms with Crippen LogP contribution in [0, 0.1) is 0 Å². The Bertz CT molecular complexity index is 827. The first-order chi connectivity index (χ1) is 13.5. The van der Waals surface area contributed by atoms with E-state index < -0.39 is 12.3 Å². The molecule has 0 amide bonds. The Hall–Kier alpha value is -2.76. The highest BCUT2D eigenvalue weighted by molar-refractivity contribution is 5.97. The molecule has 0 saturated carbocycles. The van der Waals surface area contributed by atoms with Crippen LogP contribution >= 0.6 is 0 Å². The highest BCUT2D eigenvalue weighted by Gasteiger charge is 2.19. The van der Waals surface area contributed by atoms with E-state index in [0.717, 1.165) is 17.5 Å². The Kier molecular flexibility index (Phi) is 8.11. The molecule has 0 atom stereocenters. The van der Waals surface area contributed by atoms with Gasteiger partial charge < -0.3 is 18.9 Å². The third kappa shape index (κ3) is 5.38. The number of benzene rings is 2. The van der Waals surface area contributed by atoms with Crippen molar-refractivity contribution in [3.8, 4) is 11.5 Å². The summed E-state index contributed by atoms with van der Waals surface area (Å²) in [6.07, 6.45) is 1.34. The minimum absolute atomic E-state index is 0.293. The fraction of sp³-hybridized carbons (Fsp3) is 0.455. The second-order valence-electron chi connectivity index (χ2n) is 6.35. The van der Waals surface area contributed by atoms with E-state index in [9.17, 15) is 9.59 Å². The summed E-state index contributed by atoms with van der Waals surface area (Å²) in [5, 5.41) is 1.37. The second kappa shape index (κ2) is 10.5. The first kappa shape index (κ1) is 21.5. The van der Waals surface area contributed by atoms with E-state index in [4.69, 9.17) is 18.9 Å². The van der Waals surface area contributed by atoms with E-state index >= 15 is 0 Å². The van der Waals surface area contributed by atoms with Crippen LogP contribution in [0.25, 0.3) is 10.8 Å². The largest absolute Gasteiger partial charge is 0.513 e. The summed E-state index contributed by atoms with van der Waals surface area (Å²) in [6.45, 7) is 8.39. The van der Waals surface area contributed by atoms with Crippen molar-refractivity contribution < 1.29 is 28.5 Å². The zero-order valence-corrected chi connectivity index (χ0v) is 17.0. The molecule has 0 saturated heterocycles. The molecule has 0 aliphatic rings. The van der Waals surface area contributed by atoms with Crippen molar-refractivity contribution in [2.45, 2.75) is 53.4 Å². The monoisotopic (exact) mass is 388 g/mol. The zero-order chi connectivity index (χ0) is 20.5. The van der Waals surface area contributed by atoms with Crippen molar-refractivity contribution in [3.63, 3.8) is 0 Å². The molecule has 0 heterocycles. The molecule has 28 heavy (non-hydrogen) atoms. The molecule has 152 valence electrons. The molecule has 2 aromatic rings. The van der Waals surface area contributed by atoms with Gasteiger partial charge in [-0.2, -0.15) is 0 Å². The van der Waals surface area contributed by atoms with Crippen molar-refractivity contribution in [2.75, 3.05) is 13.2 Å². The average molecular weight is 388 g/mol. The molecule has 0 aromatic heterocycles. The van der Waals surface area contributed by atoms with E-state index in [-0.39, 0.29) is 0 Å². The van der Waals surface area contributed by atoms with Gasteiger partial charge in [-0.1, -0.05) is 39.8 Å². The molecule has 0 aliphatic carbocycles. The minimum Gasteiger partial charge on any atom is -0.434 e. The maximum absolute atomic E-state index is 12.1. The van der Waals surface area contributed by atoms with E-state index in [1.165, 1.54) is 0 Å². The van der Waals surface area contributed by atoms with Crippen LogP contribution in [0.3, 0.4) is 0 Å². The van der Waals surface area contributed by atoms with E-state index in [1.807, 2.05) is 45.9 Å². The van der Waals surface area contributed by atoms with Crippen molar-refractivity contribution in [3.05, 3.63) is 35.4 Å². The lowest BCUT2D eigenvalue weighted by Gasteiger charge is -2.16. The zero-order valence-electron chi connectivity index (χ0n) is 17.0. The number of carbonyl (C=O) groups is 2. The molecule has 0 radical (unpaired) electrons. The fourth-order valence-corrected chi connectivity index (χ4v) is 2.76. The van der Waals surface area contributed by atoms with Gasteiger partial charge in [0.15, 0.2) is 0 Å². The van der Waals surface area contributed by atoms with Gasteiger partial charge in [-0.05, 0) is 48.9 Å². The normalized spacial score (nSPS) is 10.6. The third-order valence-electron chi connectivity index (χ3n) is 4.21. The molecule has 0 spiro atoms. The number of hydrogen-bond donors (Lipinski definition) is 0. The van der Waals surface area contributed by atoms with Crippen molar-refractivity contribution in [1.29, 1.82) is 0 Å². The Morgan fingerprint density at radius 2 is 1.43 bits per heavy atom. The van der Waals surface area contributed by atoms with Crippen LogP contribution in [0.15, 0.2) is 24.3 Å². The highest BCUT2D eigenvalue weighted by atomic mass is 16.7. The minimum atomic E-state index is -0.749. The van der Waals surface area contributed by atoms with Gasteiger partial charge in [-0.15, -0.1) is 0 Å². The highest BCUT2D eigenvalue weighted by Crippen LogP contribution is 2.38. The summed E-state index contributed by atoms with van der Waals surface area (Å²) in [5.41, 5.74) is 1.82. The van der Waals surface area contributed by atoms with Gasteiger partial charge in [0.05, 0.1) is 13.2 Å². The predicted molar refractivity (Wildman–Crippen MR) is 107 cm³/mol. The lowest BCUT2D eigenvalue weighted by molar-refractivity contribution is 0.0974. The molecule has 0 aliphatic heterocycles. The Morgan fingerprint density at radius 1 is 0.786 bits per heavy atom. The number of carbonyl (C=O) groups excluding carboxylic acids is 2. The van der Waals surface area contributed by atoms with Crippen molar-refractivity contribution in [2.24, 2.45) is 0 Å². The van der Waals surface area contributed by atoms with Crippen molar-refractivity contribution in [1.82, 2.24) is 0 Å².